The Hall–Kier alpha value is -1.37. The number of nitrogens with one attached hydrogen (secondary N) is 2. The third kappa shape index (κ3) is 3.84. The van der Waals surface area contributed by atoms with Crippen LogP contribution in [0.3, 0.4) is 0 Å². The van der Waals surface area contributed by atoms with Gasteiger partial charge in [-0.15, -0.1) is 11.3 Å². The lowest BCUT2D eigenvalue weighted by Crippen LogP contribution is -2.14. The lowest BCUT2D eigenvalue weighted by Gasteiger charge is -2.13. The molecule has 2 N–H and O–H groups in total. The molecule has 0 fully saturated rings. The number of thiophene rings is 1. The van der Waals surface area contributed by atoms with E-state index in [1.807, 2.05) is 45.2 Å². The number of hydrogen-bond acceptors (Lipinski definition) is 4. The first-order chi connectivity index (χ1) is 9.96. The summed E-state index contributed by atoms with van der Waals surface area (Å²) < 4.78 is 27.7. The fraction of sp³-hybridized carbons (Fsp3) is 0.333. The number of aryl methyl sites for hydroxylation is 1. The van der Waals surface area contributed by atoms with Crippen LogP contribution in [-0.2, 0) is 16.4 Å². The van der Waals surface area contributed by atoms with Gasteiger partial charge in [0.05, 0.1) is 0 Å². The summed E-state index contributed by atoms with van der Waals surface area (Å²) >= 11 is 1.31. The van der Waals surface area contributed by atoms with Crippen molar-refractivity contribution in [3.05, 3.63) is 46.8 Å². The second kappa shape index (κ2) is 6.60. The molecular formula is C15H20N2O2S2. The van der Waals surface area contributed by atoms with Gasteiger partial charge in [0.15, 0.2) is 0 Å². The summed E-state index contributed by atoms with van der Waals surface area (Å²) in [5.74, 6) is 0. The van der Waals surface area contributed by atoms with Crippen molar-refractivity contribution in [2.24, 2.45) is 0 Å². The van der Waals surface area contributed by atoms with E-state index in [9.17, 15) is 8.42 Å². The van der Waals surface area contributed by atoms with Crippen LogP contribution in [0, 0.1) is 0 Å². The Morgan fingerprint density at radius 1 is 1.24 bits per heavy atom. The van der Waals surface area contributed by atoms with Gasteiger partial charge in [-0.3, -0.25) is 4.72 Å². The Balaban J connectivity index is 2.24. The van der Waals surface area contributed by atoms with Gasteiger partial charge in [-0.05, 0) is 50.2 Å². The van der Waals surface area contributed by atoms with Crippen LogP contribution < -0.4 is 10.0 Å². The number of anilines is 1. The molecule has 1 unspecified atom stereocenters. The molecule has 0 saturated heterocycles. The smallest absolute Gasteiger partial charge is 0.271 e. The molecule has 6 heteroatoms. The van der Waals surface area contributed by atoms with Crippen LogP contribution in [0.15, 0.2) is 40.6 Å². The van der Waals surface area contributed by atoms with Crippen molar-refractivity contribution >= 4 is 27.0 Å². The van der Waals surface area contributed by atoms with Gasteiger partial charge in [-0.1, -0.05) is 19.1 Å². The molecule has 0 amide bonds. The Morgan fingerprint density at radius 2 is 2.00 bits per heavy atom. The van der Waals surface area contributed by atoms with Gasteiger partial charge in [0.1, 0.15) is 4.21 Å². The van der Waals surface area contributed by atoms with Crippen LogP contribution in [0.1, 0.15) is 30.3 Å². The monoisotopic (exact) mass is 324 g/mol. The Labute approximate surface area is 130 Å². The highest BCUT2D eigenvalue weighted by molar-refractivity contribution is 7.94. The number of rotatable bonds is 6. The van der Waals surface area contributed by atoms with Crippen LogP contribution >= 0.6 is 11.3 Å². The second-order valence-corrected chi connectivity index (χ2v) is 7.89. The quantitative estimate of drug-likeness (QED) is 0.856. The molecule has 1 atom stereocenters. The van der Waals surface area contributed by atoms with Crippen molar-refractivity contribution in [1.29, 1.82) is 0 Å². The summed E-state index contributed by atoms with van der Waals surface area (Å²) in [5.41, 5.74) is 1.62. The fourth-order valence-electron chi connectivity index (χ4n) is 1.94. The molecule has 1 aromatic carbocycles. The molecule has 2 rings (SSSR count). The maximum atomic E-state index is 12.4. The SMILES string of the molecule is CCc1ccc(S(=O)(=O)Nc2cccc(C(C)NC)c2)s1. The Kier molecular flexibility index (Phi) is 5.03. The molecular weight excluding hydrogens is 304 g/mol. The van der Waals surface area contributed by atoms with Crippen LogP contribution in [0.2, 0.25) is 0 Å². The molecule has 4 nitrogen and oxygen atoms in total. The van der Waals surface area contributed by atoms with Gasteiger partial charge in [0.25, 0.3) is 10.0 Å². The van der Waals surface area contributed by atoms with Crippen molar-refractivity contribution in [3.8, 4) is 0 Å². The zero-order chi connectivity index (χ0) is 15.5. The largest absolute Gasteiger partial charge is 0.313 e. The molecule has 114 valence electrons. The van der Waals surface area contributed by atoms with Crippen LogP contribution in [-0.4, -0.2) is 15.5 Å². The molecule has 1 aromatic heterocycles. The summed E-state index contributed by atoms with van der Waals surface area (Å²) in [4.78, 5) is 1.06. The van der Waals surface area contributed by atoms with E-state index in [2.05, 4.69) is 10.0 Å². The number of benzene rings is 1. The normalized spacial score (nSPS) is 13.1. The lowest BCUT2D eigenvalue weighted by atomic mass is 10.1. The first-order valence-electron chi connectivity index (χ1n) is 6.85. The van der Waals surface area contributed by atoms with Crippen molar-refractivity contribution in [1.82, 2.24) is 5.32 Å². The minimum Gasteiger partial charge on any atom is -0.313 e. The highest BCUT2D eigenvalue weighted by atomic mass is 32.2. The van der Waals surface area contributed by atoms with E-state index < -0.39 is 10.0 Å². The van der Waals surface area contributed by atoms with Crippen LogP contribution in [0.4, 0.5) is 5.69 Å². The minimum atomic E-state index is -3.50. The average molecular weight is 324 g/mol. The van der Waals surface area contributed by atoms with E-state index in [0.717, 1.165) is 16.9 Å². The highest BCUT2D eigenvalue weighted by Crippen LogP contribution is 2.25. The third-order valence-corrected chi connectivity index (χ3v) is 6.42. The van der Waals surface area contributed by atoms with E-state index in [4.69, 9.17) is 0 Å². The van der Waals surface area contributed by atoms with Crippen molar-refractivity contribution < 1.29 is 8.42 Å². The molecule has 0 aliphatic rings. The summed E-state index contributed by atoms with van der Waals surface area (Å²) in [6, 6.07) is 11.1. The standard InChI is InChI=1S/C15H20N2O2S2/c1-4-14-8-9-15(20-14)21(18,19)17-13-7-5-6-12(10-13)11(2)16-3/h5-11,16-17H,4H2,1-3H3. The molecule has 0 spiro atoms. The summed E-state index contributed by atoms with van der Waals surface area (Å²) in [6.07, 6.45) is 0.843. The van der Waals surface area contributed by atoms with Gasteiger partial charge >= 0.3 is 0 Å². The van der Waals surface area contributed by atoms with E-state index in [1.54, 1.807) is 12.1 Å². The molecule has 0 aliphatic carbocycles. The number of hydrogen-bond donors (Lipinski definition) is 2. The third-order valence-electron chi connectivity index (χ3n) is 3.32. The zero-order valence-electron chi connectivity index (χ0n) is 12.4. The zero-order valence-corrected chi connectivity index (χ0v) is 14.0. The predicted molar refractivity (Wildman–Crippen MR) is 88.4 cm³/mol. The first kappa shape index (κ1) is 16.0. The number of sulfonamides is 1. The lowest BCUT2D eigenvalue weighted by molar-refractivity contribution is 0.603. The summed E-state index contributed by atoms with van der Waals surface area (Å²) in [6.45, 7) is 4.04. The fourth-order valence-corrected chi connectivity index (χ4v) is 4.28. The Bertz CT molecular complexity index is 708. The molecule has 0 saturated carbocycles. The Morgan fingerprint density at radius 3 is 2.62 bits per heavy atom. The maximum absolute atomic E-state index is 12.4. The summed E-state index contributed by atoms with van der Waals surface area (Å²) in [5, 5.41) is 3.14. The van der Waals surface area contributed by atoms with Crippen LogP contribution in [0.5, 0.6) is 0 Å². The van der Waals surface area contributed by atoms with E-state index >= 15 is 0 Å². The maximum Gasteiger partial charge on any atom is 0.271 e. The van der Waals surface area contributed by atoms with E-state index in [1.165, 1.54) is 11.3 Å². The topological polar surface area (TPSA) is 58.2 Å². The van der Waals surface area contributed by atoms with E-state index in [-0.39, 0.29) is 6.04 Å². The van der Waals surface area contributed by atoms with Gasteiger partial charge in [0.2, 0.25) is 0 Å². The van der Waals surface area contributed by atoms with E-state index in [0.29, 0.717) is 9.90 Å². The molecule has 1 heterocycles. The minimum absolute atomic E-state index is 0.169. The van der Waals surface area contributed by atoms with Crippen LogP contribution in [0.25, 0.3) is 0 Å². The molecule has 21 heavy (non-hydrogen) atoms. The first-order valence-corrected chi connectivity index (χ1v) is 9.15. The molecule has 0 aliphatic heterocycles. The summed E-state index contributed by atoms with van der Waals surface area (Å²) in [7, 11) is -1.63. The van der Waals surface area contributed by atoms with Gasteiger partial charge in [0, 0.05) is 16.6 Å². The molecule has 0 bridgehead atoms. The van der Waals surface area contributed by atoms with Gasteiger partial charge < -0.3 is 5.32 Å². The average Bonchev–Trinajstić information content (AvgIpc) is 2.96. The van der Waals surface area contributed by atoms with Gasteiger partial charge in [-0.2, -0.15) is 0 Å². The molecule has 0 radical (unpaired) electrons. The van der Waals surface area contributed by atoms with Crippen molar-refractivity contribution in [2.45, 2.75) is 30.5 Å². The van der Waals surface area contributed by atoms with Crippen molar-refractivity contribution in [3.63, 3.8) is 0 Å². The molecule has 2 aromatic rings. The van der Waals surface area contributed by atoms with Crippen molar-refractivity contribution in [2.75, 3.05) is 11.8 Å². The predicted octanol–water partition coefficient (Wildman–Crippen LogP) is 3.39. The second-order valence-electron chi connectivity index (χ2n) is 4.82. The highest BCUT2D eigenvalue weighted by Gasteiger charge is 2.17. The van der Waals surface area contributed by atoms with Gasteiger partial charge in [-0.25, -0.2) is 8.42 Å².